The van der Waals surface area contributed by atoms with Crippen LogP contribution < -0.4 is 9.47 Å². The van der Waals surface area contributed by atoms with Crippen LogP contribution in [0.5, 0.6) is 11.5 Å². The minimum Gasteiger partial charge on any atom is -0.494 e. The Hall–Kier alpha value is -2.00. The smallest absolute Gasteiger partial charge is 0.329 e. The van der Waals surface area contributed by atoms with E-state index in [2.05, 4.69) is 19.1 Å². The van der Waals surface area contributed by atoms with Gasteiger partial charge < -0.3 is 9.47 Å². The number of rotatable bonds is 22. The van der Waals surface area contributed by atoms with Crippen LogP contribution in [0.3, 0.4) is 0 Å². The molecule has 1 atom stereocenters. The molecule has 0 aliphatic rings. The van der Waals surface area contributed by atoms with E-state index in [1.165, 1.54) is 89.9 Å². The van der Waals surface area contributed by atoms with Gasteiger partial charge in [-0.3, -0.25) is 4.79 Å². The Morgan fingerprint density at radius 2 is 1.05 bits per heavy atom. The van der Waals surface area contributed by atoms with Crippen LogP contribution in [0.1, 0.15) is 124 Å². The van der Waals surface area contributed by atoms with Crippen LogP contribution in [0.25, 0.3) is 11.1 Å². The first-order chi connectivity index (χ1) is 19.0. The second-order valence-corrected chi connectivity index (χ2v) is 11.9. The number of hydrogen-bond acceptors (Lipinski definition) is 3. The van der Waals surface area contributed by atoms with E-state index >= 15 is 0 Å². The molecule has 3 nitrogen and oxygen atoms in total. The van der Waals surface area contributed by atoms with E-state index in [0.717, 1.165) is 29.9 Å². The summed E-state index contributed by atoms with van der Waals surface area (Å²) in [6.45, 7) is 7.13. The van der Waals surface area contributed by atoms with Crippen LogP contribution in [0.4, 0.5) is 0 Å². The summed E-state index contributed by atoms with van der Waals surface area (Å²) in [6, 6.07) is 15.7. The monoisotopic (exact) mass is 556 g/mol. The lowest BCUT2D eigenvalue weighted by Crippen LogP contribution is -2.22. The molecule has 0 heterocycles. The zero-order chi connectivity index (χ0) is 28.1. The molecule has 0 N–H and O–H groups in total. The molecule has 218 valence electrons. The number of alkyl halides is 1. The summed E-state index contributed by atoms with van der Waals surface area (Å²) >= 11 is 6.14. The maximum Gasteiger partial charge on any atom is 0.329 e. The second-order valence-electron chi connectivity index (χ2n) is 11.4. The number of benzene rings is 2. The summed E-state index contributed by atoms with van der Waals surface area (Å²) in [5.41, 5.74) is 2.16. The topological polar surface area (TPSA) is 35.5 Å². The Bertz CT molecular complexity index is 876. The molecule has 1 unspecified atom stereocenters. The molecule has 0 saturated carbocycles. The normalized spacial score (nSPS) is 12.0. The Kier molecular flexibility index (Phi) is 17.7. The summed E-state index contributed by atoms with van der Waals surface area (Å²) in [6.07, 6.45) is 21.2. The van der Waals surface area contributed by atoms with Gasteiger partial charge >= 0.3 is 5.97 Å². The van der Waals surface area contributed by atoms with Gasteiger partial charge in [-0.15, -0.1) is 11.6 Å². The summed E-state index contributed by atoms with van der Waals surface area (Å²) in [4.78, 5) is 12.1. The van der Waals surface area contributed by atoms with E-state index in [1.54, 1.807) is 0 Å². The lowest BCUT2D eigenvalue weighted by molar-refractivity contribution is -0.134. The summed E-state index contributed by atoms with van der Waals surface area (Å²) < 4.78 is 11.4. The Balaban J connectivity index is 1.52. The molecule has 0 aliphatic heterocycles. The van der Waals surface area contributed by atoms with E-state index in [4.69, 9.17) is 21.1 Å². The number of carbonyl (C=O) groups excluding carboxylic acids is 1. The van der Waals surface area contributed by atoms with Crippen LogP contribution in [-0.4, -0.2) is 18.0 Å². The third-order valence-corrected chi connectivity index (χ3v) is 7.57. The minimum atomic E-state index is -0.619. The maximum absolute atomic E-state index is 12.1. The number of ether oxygens (including phenoxy) is 2. The summed E-state index contributed by atoms with van der Waals surface area (Å²) in [5.74, 6) is 1.38. The molecule has 2 aromatic carbocycles. The van der Waals surface area contributed by atoms with Crippen molar-refractivity contribution in [3.05, 3.63) is 48.5 Å². The third kappa shape index (κ3) is 15.4. The molecular formula is C35H53ClO3. The van der Waals surface area contributed by atoms with Crippen molar-refractivity contribution >= 4 is 17.6 Å². The van der Waals surface area contributed by atoms with Gasteiger partial charge in [-0.2, -0.15) is 0 Å². The fourth-order valence-corrected chi connectivity index (χ4v) is 5.21. The standard InChI is InChI=1S/C35H53ClO3/c1-4-5-6-7-8-9-10-11-12-13-14-15-16-17-18-27-38-32-23-19-30(20-24-32)31-21-25-33(26-22-31)39-35(37)34(36)28-29(2)3/h19-26,29,34H,4-18,27-28H2,1-3H3. The van der Waals surface area contributed by atoms with Crippen molar-refractivity contribution < 1.29 is 14.3 Å². The first-order valence-electron chi connectivity index (χ1n) is 15.7. The summed E-state index contributed by atoms with van der Waals surface area (Å²) in [7, 11) is 0. The molecule has 0 spiro atoms. The van der Waals surface area contributed by atoms with Crippen LogP contribution >= 0.6 is 11.6 Å². The fourth-order valence-electron chi connectivity index (χ4n) is 4.81. The van der Waals surface area contributed by atoms with Crippen LogP contribution in [0.15, 0.2) is 48.5 Å². The minimum absolute atomic E-state index is 0.346. The van der Waals surface area contributed by atoms with Crippen molar-refractivity contribution in [1.82, 2.24) is 0 Å². The highest BCUT2D eigenvalue weighted by molar-refractivity contribution is 6.30. The third-order valence-electron chi connectivity index (χ3n) is 7.21. The molecule has 0 aliphatic carbocycles. The molecule has 0 saturated heterocycles. The lowest BCUT2D eigenvalue weighted by atomic mass is 10.0. The molecule has 39 heavy (non-hydrogen) atoms. The maximum atomic E-state index is 12.1. The van der Waals surface area contributed by atoms with Gasteiger partial charge in [-0.05, 0) is 54.2 Å². The highest BCUT2D eigenvalue weighted by atomic mass is 35.5. The van der Waals surface area contributed by atoms with Crippen LogP contribution in [-0.2, 0) is 4.79 Å². The molecular weight excluding hydrogens is 504 g/mol. The first-order valence-corrected chi connectivity index (χ1v) is 16.1. The number of hydrogen-bond donors (Lipinski definition) is 0. The second kappa shape index (κ2) is 20.8. The van der Waals surface area contributed by atoms with Gasteiger partial charge in [-0.1, -0.05) is 135 Å². The quantitative estimate of drug-likeness (QED) is 0.0625. The van der Waals surface area contributed by atoms with Gasteiger partial charge in [0.05, 0.1) is 6.61 Å². The number of carbonyl (C=O) groups is 1. The molecule has 4 heteroatoms. The van der Waals surface area contributed by atoms with Crippen LogP contribution in [0.2, 0.25) is 0 Å². The predicted octanol–water partition coefficient (Wildman–Crippen LogP) is 11.2. The number of halogens is 1. The van der Waals surface area contributed by atoms with Crippen molar-refractivity contribution in [3.63, 3.8) is 0 Å². The highest BCUT2D eigenvalue weighted by Crippen LogP contribution is 2.25. The van der Waals surface area contributed by atoms with Gasteiger partial charge in [-0.25, -0.2) is 0 Å². The van der Waals surface area contributed by atoms with Crippen molar-refractivity contribution in [1.29, 1.82) is 0 Å². The van der Waals surface area contributed by atoms with Crippen molar-refractivity contribution in [3.8, 4) is 22.6 Å². The average molecular weight is 557 g/mol. The predicted molar refractivity (Wildman–Crippen MR) is 167 cm³/mol. The zero-order valence-corrected chi connectivity index (χ0v) is 25.7. The van der Waals surface area contributed by atoms with Crippen molar-refractivity contribution in [2.45, 2.75) is 129 Å². The van der Waals surface area contributed by atoms with Crippen molar-refractivity contribution in [2.75, 3.05) is 6.61 Å². The molecule has 0 fully saturated rings. The molecule has 2 aromatic rings. The fraction of sp³-hybridized carbons (Fsp3) is 0.629. The number of unbranched alkanes of at least 4 members (excludes halogenated alkanes) is 14. The van der Waals surface area contributed by atoms with E-state index in [-0.39, 0.29) is 0 Å². The van der Waals surface area contributed by atoms with Gasteiger partial charge in [0.25, 0.3) is 0 Å². The molecule has 2 rings (SSSR count). The zero-order valence-electron chi connectivity index (χ0n) is 24.9. The van der Waals surface area contributed by atoms with Gasteiger partial charge in [0.2, 0.25) is 0 Å². The number of esters is 1. The van der Waals surface area contributed by atoms with E-state index in [9.17, 15) is 4.79 Å². The Morgan fingerprint density at radius 3 is 1.49 bits per heavy atom. The van der Waals surface area contributed by atoms with E-state index in [1.807, 2.05) is 50.2 Å². The Labute approximate surface area is 244 Å². The van der Waals surface area contributed by atoms with Gasteiger partial charge in [0, 0.05) is 0 Å². The molecule has 0 aromatic heterocycles. The highest BCUT2D eigenvalue weighted by Gasteiger charge is 2.19. The van der Waals surface area contributed by atoms with Gasteiger partial charge in [0.1, 0.15) is 16.9 Å². The summed E-state index contributed by atoms with van der Waals surface area (Å²) in [5, 5.41) is -0.619. The Morgan fingerprint density at radius 1 is 0.641 bits per heavy atom. The molecule has 0 bridgehead atoms. The van der Waals surface area contributed by atoms with Crippen molar-refractivity contribution in [2.24, 2.45) is 5.92 Å². The van der Waals surface area contributed by atoms with Crippen LogP contribution in [0, 0.1) is 5.92 Å². The SMILES string of the molecule is CCCCCCCCCCCCCCCCCOc1ccc(-c2ccc(OC(=O)C(Cl)CC(C)C)cc2)cc1. The van der Waals surface area contributed by atoms with E-state index in [0.29, 0.717) is 18.1 Å². The lowest BCUT2D eigenvalue weighted by Gasteiger charge is -2.12. The van der Waals surface area contributed by atoms with E-state index < -0.39 is 11.3 Å². The first kappa shape index (κ1) is 33.2. The largest absolute Gasteiger partial charge is 0.494 e. The molecule has 0 amide bonds. The average Bonchev–Trinajstić information content (AvgIpc) is 2.93. The molecule has 0 radical (unpaired) electrons. The van der Waals surface area contributed by atoms with Gasteiger partial charge in [0.15, 0.2) is 0 Å².